The van der Waals surface area contributed by atoms with Gasteiger partial charge >= 0.3 is 0 Å². The quantitative estimate of drug-likeness (QED) is 0.802. The first-order valence-corrected chi connectivity index (χ1v) is 6.77. The molecule has 1 aromatic heterocycles. The molecule has 0 bridgehead atoms. The van der Waals surface area contributed by atoms with Gasteiger partial charge < -0.3 is 4.74 Å². The number of nitrogens with one attached hydrogen (secondary N) is 1. The zero-order valence-corrected chi connectivity index (χ0v) is 10.7. The van der Waals surface area contributed by atoms with Crippen LogP contribution in [0.2, 0.25) is 0 Å². The first-order chi connectivity index (χ1) is 9.33. The van der Waals surface area contributed by atoms with Gasteiger partial charge in [0.1, 0.15) is 12.2 Å². The highest BCUT2D eigenvalue weighted by molar-refractivity contribution is 5.77. The Balaban J connectivity index is 1.48. The number of amides is 1. The standard InChI is InChI=1S/C12H18N4O3/c17-12(15-19-11-3-1-2-6-18-11)9-4-5-16-10(7-9)13-8-14-16/h8-9,11H,1-7H2,(H,15,17). The lowest BCUT2D eigenvalue weighted by molar-refractivity contribution is -0.202. The molecule has 2 atom stereocenters. The van der Waals surface area contributed by atoms with Crippen molar-refractivity contribution >= 4 is 5.91 Å². The molecule has 0 spiro atoms. The third-order valence-corrected chi connectivity index (χ3v) is 3.61. The summed E-state index contributed by atoms with van der Waals surface area (Å²) in [5, 5.41) is 4.09. The Kier molecular flexibility index (Phi) is 3.74. The van der Waals surface area contributed by atoms with Crippen molar-refractivity contribution in [2.75, 3.05) is 6.61 Å². The van der Waals surface area contributed by atoms with Crippen LogP contribution in [0.15, 0.2) is 6.33 Å². The van der Waals surface area contributed by atoms with Crippen LogP contribution in [0.3, 0.4) is 0 Å². The van der Waals surface area contributed by atoms with E-state index in [9.17, 15) is 4.79 Å². The van der Waals surface area contributed by atoms with Crippen LogP contribution in [0, 0.1) is 5.92 Å². The van der Waals surface area contributed by atoms with E-state index < -0.39 is 0 Å². The van der Waals surface area contributed by atoms with Gasteiger partial charge in [-0.1, -0.05) is 0 Å². The number of aromatic nitrogens is 3. The van der Waals surface area contributed by atoms with Crippen LogP contribution in [0.5, 0.6) is 0 Å². The third-order valence-electron chi connectivity index (χ3n) is 3.61. The molecule has 104 valence electrons. The molecule has 0 aliphatic carbocycles. The van der Waals surface area contributed by atoms with Crippen molar-refractivity contribution in [1.29, 1.82) is 0 Å². The zero-order chi connectivity index (χ0) is 13.1. The minimum Gasteiger partial charge on any atom is -0.350 e. The maximum atomic E-state index is 12.0. The smallest absolute Gasteiger partial charge is 0.247 e. The van der Waals surface area contributed by atoms with Crippen molar-refractivity contribution in [3.63, 3.8) is 0 Å². The molecule has 3 heterocycles. The molecule has 1 aromatic rings. The molecule has 19 heavy (non-hydrogen) atoms. The second-order valence-electron chi connectivity index (χ2n) is 4.97. The first-order valence-electron chi connectivity index (χ1n) is 6.77. The molecule has 7 nitrogen and oxygen atoms in total. The summed E-state index contributed by atoms with van der Waals surface area (Å²) in [5.41, 5.74) is 2.52. The summed E-state index contributed by atoms with van der Waals surface area (Å²) in [4.78, 5) is 21.5. The van der Waals surface area contributed by atoms with E-state index in [0.717, 1.165) is 38.1 Å². The van der Waals surface area contributed by atoms with Gasteiger partial charge in [-0.25, -0.2) is 15.3 Å². The molecule has 1 fully saturated rings. The molecule has 1 amide bonds. The summed E-state index contributed by atoms with van der Waals surface area (Å²) in [7, 11) is 0. The van der Waals surface area contributed by atoms with E-state index >= 15 is 0 Å². The van der Waals surface area contributed by atoms with Crippen LogP contribution < -0.4 is 5.48 Å². The maximum Gasteiger partial charge on any atom is 0.247 e. The number of aryl methyl sites for hydroxylation is 1. The Hall–Kier alpha value is -1.47. The Morgan fingerprint density at radius 1 is 1.47 bits per heavy atom. The van der Waals surface area contributed by atoms with E-state index in [-0.39, 0.29) is 18.1 Å². The van der Waals surface area contributed by atoms with Crippen LogP contribution in [-0.2, 0) is 27.3 Å². The van der Waals surface area contributed by atoms with Crippen molar-refractivity contribution in [3.05, 3.63) is 12.2 Å². The molecule has 0 saturated carbocycles. The molecule has 0 radical (unpaired) electrons. The van der Waals surface area contributed by atoms with Gasteiger partial charge in [0.05, 0.1) is 0 Å². The minimum absolute atomic E-state index is 0.0941. The van der Waals surface area contributed by atoms with Gasteiger partial charge in [-0.05, 0) is 19.3 Å². The van der Waals surface area contributed by atoms with Crippen molar-refractivity contribution in [2.45, 2.75) is 44.9 Å². The summed E-state index contributed by atoms with van der Waals surface area (Å²) in [6, 6.07) is 0. The number of hydrogen-bond donors (Lipinski definition) is 1. The Morgan fingerprint density at radius 2 is 2.42 bits per heavy atom. The van der Waals surface area contributed by atoms with Gasteiger partial charge in [0, 0.05) is 31.9 Å². The molecular formula is C12H18N4O3. The summed E-state index contributed by atoms with van der Waals surface area (Å²) in [5.74, 6) is 0.670. The summed E-state index contributed by atoms with van der Waals surface area (Å²) in [6.07, 6.45) is 5.57. The minimum atomic E-state index is -0.301. The van der Waals surface area contributed by atoms with Crippen LogP contribution in [0.4, 0.5) is 0 Å². The van der Waals surface area contributed by atoms with Gasteiger partial charge in [0.15, 0.2) is 6.29 Å². The third kappa shape index (κ3) is 2.93. The molecule has 1 N–H and O–H groups in total. The van der Waals surface area contributed by atoms with Crippen LogP contribution in [0.1, 0.15) is 31.5 Å². The Bertz CT molecular complexity index is 442. The van der Waals surface area contributed by atoms with E-state index in [1.807, 2.05) is 4.68 Å². The fourth-order valence-electron chi connectivity index (χ4n) is 2.47. The molecule has 2 unspecified atom stereocenters. The predicted octanol–water partition coefficient (Wildman–Crippen LogP) is 0.415. The summed E-state index contributed by atoms with van der Waals surface area (Å²) in [6.45, 7) is 1.43. The topological polar surface area (TPSA) is 78.3 Å². The number of nitrogens with zero attached hydrogens (tertiary/aromatic N) is 3. The van der Waals surface area contributed by atoms with Gasteiger partial charge in [0.2, 0.25) is 5.91 Å². The van der Waals surface area contributed by atoms with Gasteiger partial charge in [-0.2, -0.15) is 5.10 Å². The summed E-state index contributed by atoms with van der Waals surface area (Å²) >= 11 is 0. The lowest BCUT2D eigenvalue weighted by Crippen LogP contribution is -2.39. The normalized spacial score (nSPS) is 26.7. The van der Waals surface area contributed by atoms with Crippen LogP contribution in [-0.4, -0.2) is 33.6 Å². The lowest BCUT2D eigenvalue weighted by Gasteiger charge is -2.25. The molecule has 1 saturated heterocycles. The predicted molar refractivity (Wildman–Crippen MR) is 64.7 cm³/mol. The van der Waals surface area contributed by atoms with Crippen LogP contribution in [0.25, 0.3) is 0 Å². The second-order valence-corrected chi connectivity index (χ2v) is 4.97. The maximum absolute atomic E-state index is 12.0. The number of carbonyl (C=O) groups excluding carboxylic acids is 1. The zero-order valence-electron chi connectivity index (χ0n) is 10.7. The number of carbonyl (C=O) groups is 1. The van der Waals surface area contributed by atoms with E-state index in [0.29, 0.717) is 13.0 Å². The van der Waals surface area contributed by atoms with E-state index in [1.165, 1.54) is 6.33 Å². The average molecular weight is 266 g/mol. The van der Waals surface area contributed by atoms with Crippen molar-refractivity contribution in [1.82, 2.24) is 20.2 Å². The van der Waals surface area contributed by atoms with Crippen molar-refractivity contribution < 1.29 is 14.4 Å². The number of ether oxygens (including phenoxy) is 1. The fourth-order valence-corrected chi connectivity index (χ4v) is 2.47. The number of fused-ring (bicyclic) bond motifs is 1. The average Bonchev–Trinajstić information content (AvgIpc) is 2.93. The first kappa shape index (κ1) is 12.6. The molecular weight excluding hydrogens is 248 g/mol. The lowest BCUT2D eigenvalue weighted by atomic mass is 9.97. The SMILES string of the molecule is O=C(NOC1CCCCO1)C1CCn2ncnc2C1. The van der Waals surface area contributed by atoms with Crippen LogP contribution >= 0.6 is 0 Å². The highest BCUT2D eigenvalue weighted by Crippen LogP contribution is 2.18. The van der Waals surface area contributed by atoms with E-state index in [1.54, 1.807) is 0 Å². The number of hydroxylamine groups is 1. The Morgan fingerprint density at radius 3 is 3.26 bits per heavy atom. The number of hydrogen-bond acceptors (Lipinski definition) is 5. The van der Waals surface area contributed by atoms with Gasteiger partial charge in [-0.15, -0.1) is 0 Å². The highest BCUT2D eigenvalue weighted by atomic mass is 16.8. The van der Waals surface area contributed by atoms with E-state index in [4.69, 9.17) is 9.57 Å². The highest BCUT2D eigenvalue weighted by Gasteiger charge is 2.27. The van der Waals surface area contributed by atoms with Crippen molar-refractivity contribution in [2.24, 2.45) is 5.92 Å². The molecule has 2 aliphatic heterocycles. The summed E-state index contributed by atoms with van der Waals surface area (Å²) < 4.78 is 7.24. The van der Waals surface area contributed by atoms with Gasteiger partial charge in [-0.3, -0.25) is 9.48 Å². The molecule has 3 rings (SSSR count). The molecule has 0 aromatic carbocycles. The fraction of sp³-hybridized carbons (Fsp3) is 0.750. The largest absolute Gasteiger partial charge is 0.350 e. The second kappa shape index (κ2) is 5.66. The molecule has 7 heteroatoms. The van der Waals surface area contributed by atoms with Crippen molar-refractivity contribution in [3.8, 4) is 0 Å². The van der Waals surface area contributed by atoms with Gasteiger partial charge in [0.25, 0.3) is 0 Å². The molecule has 2 aliphatic rings. The number of rotatable bonds is 3. The monoisotopic (exact) mass is 266 g/mol. The Labute approximate surface area is 111 Å². The van der Waals surface area contributed by atoms with E-state index in [2.05, 4.69) is 15.6 Å².